The molecule has 5 nitrogen and oxygen atoms in total. The highest BCUT2D eigenvalue weighted by Gasteiger charge is 2.08. The molecule has 0 aliphatic carbocycles. The van der Waals surface area contributed by atoms with Crippen molar-refractivity contribution in [1.29, 1.82) is 0 Å². The molecule has 1 aromatic carbocycles. The Morgan fingerprint density at radius 1 is 1.41 bits per heavy atom. The average molecular weight is 234 g/mol. The van der Waals surface area contributed by atoms with Gasteiger partial charge in [-0.3, -0.25) is 4.79 Å². The molecule has 1 N–H and O–H groups in total. The van der Waals surface area contributed by atoms with Crippen LogP contribution in [0.5, 0.6) is 0 Å². The summed E-state index contributed by atoms with van der Waals surface area (Å²) in [5, 5.41) is 10.0. The largest absolute Gasteiger partial charge is 0.354 e. The fraction of sp³-hybridized carbons (Fsp3) is 0.182. The lowest BCUT2D eigenvalue weighted by molar-refractivity contribution is 0.0958. The first kappa shape index (κ1) is 11.3. The Hall–Kier alpha value is -2.24. The topological polar surface area (TPSA) is 59.8 Å². The van der Waals surface area contributed by atoms with Gasteiger partial charge in [0, 0.05) is 7.05 Å². The van der Waals surface area contributed by atoms with E-state index in [9.17, 15) is 9.18 Å². The van der Waals surface area contributed by atoms with E-state index in [1.54, 1.807) is 18.3 Å². The molecule has 0 saturated heterocycles. The Bertz CT molecular complexity index is 521. The highest BCUT2D eigenvalue weighted by molar-refractivity contribution is 5.91. The molecular formula is C11H11FN4O. The van der Waals surface area contributed by atoms with Gasteiger partial charge in [0.05, 0.1) is 12.7 Å². The minimum atomic E-state index is -0.282. The monoisotopic (exact) mass is 234 g/mol. The number of amides is 1. The van der Waals surface area contributed by atoms with Gasteiger partial charge in [-0.2, -0.15) is 0 Å². The fourth-order valence-corrected chi connectivity index (χ4v) is 1.38. The van der Waals surface area contributed by atoms with Gasteiger partial charge in [-0.25, -0.2) is 9.07 Å². The molecule has 0 unspecified atom stereocenters. The summed E-state index contributed by atoms with van der Waals surface area (Å²) in [4.78, 5) is 11.2. The summed E-state index contributed by atoms with van der Waals surface area (Å²) in [6.45, 7) is 0.449. The second kappa shape index (κ2) is 4.73. The molecule has 6 heteroatoms. The Labute approximate surface area is 97.3 Å². The van der Waals surface area contributed by atoms with E-state index in [4.69, 9.17) is 0 Å². The molecule has 1 amide bonds. The Morgan fingerprint density at radius 3 is 2.76 bits per heavy atom. The third-order valence-electron chi connectivity index (χ3n) is 2.26. The van der Waals surface area contributed by atoms with E-state index in [-0.39, 0.29) is 17.4 Å². The minimum absolute atomic E-state index is 0.259. The van der Waals surface area contributed by atoms with Gasteiger partial charge in [-0.1, -0.05) is 17.3 Å². The van der Waals surface area contributed by atoms with Gasteiger partial charge in [-0.05, 0) is 17.7 Å². The first-order valence-electron chi connectivity index (χ1n) is 5.05. The quantitative estimate of drug-likeness (QED) is 0.855. The zero-order valence-corrected chi connectivity index (χ0v) is 9.22. The Morgan fingerprint density at radius 2 is 2.12 bits per heavy atom. The summed E-state index contributed by atoms with van der Waals surface area (Å²) in [5.74, 6) is -0.561. The van der Waals surface area contributed by atoms with Crippen LogP contribution in [0.2, 0.25) is 0 Å². The SMILES string of the molecule is CNC(=O)c1cn(Cc2ccc(F)cc2)nn1. The molecule has 88 valence electrons. The third-order valence-corrected chi connectivity index (χ3v) is 2.26. The lowest BCUT2D eigenvalue weighted by Crippen LogP contribution is -2.18. The minimum Gasteiger partial charge on any atom is -0.354 e. The predicted molar refractivity (Wildman–Crippen MR) is 58.9 cm³/mol. The smallest absolute Gasteiger partial charge is 0.273 e. The molecule has 1 heterocycles. The van der Waals surface area contributed by atoms with Gasteiger partial charge in [0.2, 0.25) is 0 Å². The highest BCUT2D eigenvalue weighted by Crippen LogP contribution is 2.04. The van der Waals surface area contributed by atoms with Crippen molar-refractivity contribution in [3.8, 4) is 0 Å². The van der Waals surface area contributed by atoms with Gasteiger partial charge >= 0.3 is 0 Å². The van der Waals surface area contributed by atoms with Crippen LogP contribution in [0.4, 0.5) is 4.39 Å². The standard InChI is InChI=1S/C11H11FN4O/c1-13-11(17)10-7-16(15-14-10)6-8-2-4-9(12)5-3-8/h2-5,7H,6H2,1H3,(H,13,17). The molecule has 0 spiro atoms. The van der Waals surface area contributed by atoms with Crippen LogP contribution in [-0.4, -0.2) is 27.9 Å². The summed E-state index contributed by atoms with van der Waals surface area (Å²) in [5.41, 5.74) is 1.15. The summed E-state index contributed by atoms with van der Waals surface area (Å²) in [6, 6.07) is 6.09. The van der Waals surface area contributed by atoms with Gasteiger partial charge < -0.3 is 5.32 Å². The highest BCUT2D eigenvalue weighted by atomic mass is 19.1. The van der Waals surface area contributed by atoms with E-state index in [2.05, 4.69) is 15.6 Å². The number of hydrogen-bond acceptors (Lipinski definition) is 3. The molecule has 0 radical (unpaired) electrons. The lowest BCUT2D eigenvalue weighted by Gasteiger charge is -1.99. The lowest BCUT2D eigenvalue weighted by atomic mass is 10.2. The molecule has 0 atom stereocenters. The van der Waals surface area contributed by atoms with Crippen LogP contribution in [0.25, 0.3) is 0 Å². The molecule has 17 heavy (non-hydrogen) atoms. The van der Waals surface area contributed by atoms with Crippen LogP contribution in [0.15, 0.2) is 30.5 Å². The van der Waals surface area contributed by atoms with Crippen molar-refractivity contribution in [2.75, 3.05) is 7.05 Å². The summed E-state index contributed by atoms with van der Waals surface area (Å²) in [6.07, 6.45) is 1.54. The van der Waals surface area contributed by atoms with E-state index in [1.807, 2.05) is 0 Å². The second-order valence-corrected chi connectivity index (χ2v) is 3.51. The molecular weight excluding hydrogens is 223 g/mol. The van der Waals surface area contributed by atoms with Gasteiger partial charge in [0.25, 0.3) is 5.91 Å². The third kappa shape index (κ3) is 2.66. The van der Waals surface area contributed by atoms with Crippen molar-refractivity contribution in [1.82, 2.24) is 20.3 Å². The van der Waals surface area contributed by atoms with Crippen LogP contribution < -0.4 is 5.32 Å². The maximum atomic E-state index is 12.7. The molecule has 0 fully saturated rings. The Kier molecular flexibility index (Phi) is 3.13. The Balaban J connectivity index is 2.11. The van der Waals surface area contributed by atoms with Crippen molar-refractivity contribution in [3.05, 3.63) is 47.5 Å². The van der Waals surface area contributed by atoms with Crippen molar-refractivity contribution in [2.45, 2.75) is 6.54 Å². The molecule has 0 aliphatic heterocycles. The number of rotatable bonds is 3. The number of nitrogens with zero attached hydrogens (tertiary/aromatic N) is 3. The molecule has 1 aromatic heterocycles. The van der Waals surface area contributed by atoms with Crippen LogP contribution >= 0.6 is 0 Å². The molecule has 2 rings (SSSR count). The summed E-state index contributed by atoms with van der Waals surface area (Å²) in [7, 11) is 1.53. The maximum Gasteiger partial charge on any atom is 0.273 e. The summed E-state index contributed by atoms with van der Waals surface area (Å²) < 4.78 is 14.2. The molecule has 0 bridgehead atoms. The van der Waals surface area contributed by atoms with E-state index in [0.717, 1.165) is 5.56 Å². The van der Waals surface area contributed by atoms with Gasteiger partial charge in [0.1, 0.15) is 5.82 Å². The van der Waals surface area contributed by atoms with E-state index < -0.39 is 0 Å². The van der Waals surface area contributed by atoms with Crippen molar-refractivity contribution in [3.63, 3.8) is 0 Å². The fourth-order valence-electron chi connectivity index (χ4n) is 1.38. The van der Waals surface area contributed by atoms with Crippen LogP contribution in [0.3, 0.4) is 0 Å². The van der Waals surface area contributed by atoms with Gasteiger partial charge in [0.15, 0.2) is 5.69 Å². The normalized spacial score (nSPS) is 10.2. The van der Waals surface area contributed by atoms with Gasteiger partial charge in [-0.15, -0.1) is 5.10 Å². The number of aromatic nitrogens is 3. The zero-order valence-electron chi connectivity index (χ0n) is 9.22. The first-order valence-corrected chi connectivity index (χ1v) is 5.05. The summed E-state index contributed by atoms with van der Waals surface area (Å²) >= 11 is 0. The second-order valence-electron chi connectivity index (χ2n) is 3.51. The number of halogens is 1. The van der Waals surface area contributed by atoms with E-state index in [1.165, 1.54) is 23.9 Å². The maximum absolute atomic E-state index is 12.7. The first-order chi connectivity index (χ1) is 8.19. The molecule has 0 saturated carbocycles. The average Bonchev–Trinajstić information content (AvgIpc) is 2.80. The van der Waals surface area contributed by atoms with Crippen molar-refractivity contribution >= 4 is 5.91 Å². The number of hydrogen-bond donors (Lipinski definition) is 1. The molecule has 0 aliphatic rings. The van der Waals surface area contributed by atoms with Crippen molar-refractivity contribution in [2.24, 2.45) is 0 Å². The predicted octanol–water partition coefficient (Wildman–Crippen LogP) is 0.825. The number of benzene rings is 1. The number of carbonyl (C=O) groups excluding carboxylic acids is 1. The number of carbonyl (C=O) groups is 1. The molecule has 2 aromatic rings. The van der Waals surface area contributed by atoms with Crippen LogP contribution in [-0.2, 0) is 6.54 Å². The van der Waals surface area contributed by atoms with Crippen LogP contribution in [0, 0.1) is 5.82 Å². The number of nitrogens with one attached hydrogen (secondary N) is 1. The van der Waals surface area contributed by atoms with E-state index >= 15 is 0 Å². The van der Waals surface area contributed by atoms with E-state index in [0.29, 0.717) is 6.54 Å². The van der Waals surface area contributed by atoms with Crippen molar-refractivity contribution < 1.29 is 9.18 Å². The zero-order chi connectivity index (χ0) is 12.3. The van der Waals surface area contributed by atoms with Crippen LogP contribution in [0.1, 0.15) is 16.1 Å².